The number of fused-ring (bicyclic) bond motifs is 1. The zero-order chi connectivity index (χ0) is 22.1. The summed E-state index contributed by atoms with van der Waals surface area (Å²) in [6, 6.07) is 7.21. The molecule has 2 N–H and O–H groups in total. The predicted molar refractivity (Wildman–Crippen MR) is 99.0 cm³/mol. The van der Waals surface area contributed by atoms with Crippen LogP contribution in [0.3, 0.4) is 0 Å². The number of carbonyl (C=O) groups excluding carboxylic acids is 2. The lowest BCUT2D eigenvalue weighted by Gasteiger charge is -2.32. The van der Waals surface area contributed by atoms with Gasteiger partial charge in [0.15, 0.2) is 12.4 Å². The van der Waals surface area contributed by atoms with Crippen LogP contribution in [0.2, 0.25) is 0 Å². The second kappa shape index (κ2) is 7.77. The number of carbonyl (C=O) groups is 2. The topological polar surface area (TPSA) is 94.1 Å². The quantitative estimate of drug-likeness (QED) is 0.751. The maximum atomic E-state index is 12.2. The van der Waals surface area contributed by atoms with Gasteiger partial charge in [-0.3, -0.25) is 9.59 Å². The van der Waals surface area contributed by atoms with E-state index in [9.17, 15) is 27.9 Å². The van der Waals surface area contributed by atoms with Crippen molar-refractivity contribution in [2.75, 3.05) is 11.9 Å². The van der Waals surface area contributed by atoms with E-state index in [2.05, 4.69) is 10.1 Å². The second-order valence-electron chi connectivity index (χ2n) is 7.19. The zero-order valence-electron chi connectivity index (χ0n) is 16.0. The van der Waals surface area contributed by atoms with Crippen molar-refractivity contribution in [2.24, 2.45) is 0 Å². The van der Waals surface area contributed by atoms with Gasteiger partial charge in [0.1, 0.15) is 34.2 Å². The van der Waals surface area contributed by atoms with Gasteiger partial charge >= 0.3 is 6.36 Å². The molecule has 0 bridgehead atoms. The minimum absolute atomic E-state index is 0.0623. The number of phenols is 1. The molecule has 10 heteroatoms. The summed E-state index contributed by atoms with van der Waals surface area (Å²) < 4.78 is 51.3. The molecule has 1 aliphatic heterocycles. The highest BCUT2D eigenvalue weighted by atomic mass is 19.4. The standard InChI is InChI=1S/C20H18F3NO6/c1-19(2)9-15(26)18-14(25)7-13(8-16(18)30-19)28-10-17(27)24-11-3-5-12(6-4-11)29-20(21,22)23/h3-8,25H,9-10H2,1-2H3,(H,24,27). The van der Waals surface area contributed by atoms with Crippen LogP contribution in [0.5, 0.6) is 23.0 Å². The molecule has 3 rings (SSSR count). The van der Waals surface area contributed by atoms with Gasteiger partial charge < -0.3 is 24.6 Å². The summed E-state index contributed by atoms with van der Waals surface area (Å²) in [7, 11) is 0. The number of hydrogen-bond donors (Lipinski definition) is 2. The highest BCUT2D eigenvalue weighted by molar-refractivity contribution is 6.03. The van der Waals surface area contributed by atoms with Crippen molar-refractivity contribution >= 4 is 17.4 Å². The molecular formula is C20H18F3NO6. The number of ketones is 1. The van der Waals surface area contributed by atoms with Gasteiger partial charge in [-0.05, 0) is 38.1 Å². The summed E-state index contributed by atoms with van der Waals surface area (Å²) in [6.45, 7) is 3.02. The molecule has 0 aliphatic carbocycles. The molecule has 0 radical (unpaired) electrons. The molecule has 1 aliphatic rings. The first-order valence-electron chi connectivity index (χ1n) is 8.79. The van der Waals surface area contributed by atoms with Crippen LogP contribution in [0, 0.1) is 0 Å². The van der Waals surface area contributed by atoms with E-state index < -0.39 is 30.2 Å². The third kappa shape index (κ3) is 5.34. The Bertz CT molecular complexity index is 970. The van der Waals surface area contributed by atoms with Gasteiger partial charge in [-0.2, -0.15) is 0 Å². The number of nitrogens with one attached hydrogen (secondary N) is 1. The minimum atomic E-state index is -4.80. The summed E-state index contributed by atoms with van der Waals surface area (Å²) in [6.07, 6.45) is -4.69. The monoisotopic (exact) mass is 425 g/mol. The Morgan fingerprint density at radius 3 is 2.50 bits per heavy atom. The highest BCUT2D eigenvalue weighted by Crippen LogP contribution is 2.40. The average Bonchev–Trinajstić information content (AvgIpc) is 2.58. The zero-order valence-corrected chi connectivity index (χ0v) is 16.0. The molecule has 0 saturated heterocycles. The van der Waals surface area contributed by atoms with Crippen LogP contribution < -0.4 is 19.5 Å². The van der Waals surface area contributed by atoms with Gasteiger partial charge in [0, 0.05) is 17.8 Å². The van der Waals surface area contributed by atoms with Crippen molar-refractivity contribution in [1.82, 2.24) is 0 Å². The predicted octanol–water partition coefficient (Wildman–Crippen LogP) is 4.05. The van der Waals surface area contributed by atoms with Gasteiger partial charge in [-0.15, -0.1) is 13.2 Å². The van der Waals surface area contributed by atoms with Crippen LogP contribution >= 0.6 is 0 Å². The van der Waals surface area contributed by atoms with Crippen LogP contribution in [-0.4, -0.2) is 35.4 Å². The lowest BCUT2D eigenvalue weighted by atomic mass is 9.92. The Hall–Kier alpha value is -3.43. The van der Waals surface area contributed by atoms with E-state index in [1.165, 1.54) is 24.3 Å². The van der Waals surface area contributed by atoms with Gasteiger partial charge in [-0.25, -0.2) is 0 Å². The number of aromatic hydroxyl groups is 1. The number of rotatable bonds is 5. The second-order valence-corrected chi connectivity index (χ2v) is 7.19. The Balaban J connectivity index is 1.61. The number of ether oxygens (including phenoxy) is 3. The lowest BCUT2D eigenvalue weighted by molar-refractivity contribution is -0.274. The molecule has 0 atom stereocenters. The molecule has 2 aromatic rings. The summed E-state index contributed by atoms with van der Waals surface area (Å²) in [4.78, 5) is 24.2. The van der Waals surface area contributed by atoms with E-state index in [0.29, 0.717) is 0 Å². The van der Waals surface area contributed by atoms with Crippen molar-refractivity contribution in [3.05, 3.63) is 42.0 Å². The van der Waals surface area contributed by atoms with Crippen molar-refractivity contribution in [1.29, 1.82) is 0 Å². The van der Waals surface area contributed by atoms with Crippen LogP contribution in [-0.2, 0) is 4.79 Å². The van der Waals surface area contributed by atoms with Crippen molar-refractivity contribution in [2.45, 2.75) is 32.2 Å². The number of Topliss-reactive ketones (excluding diaryl/α,β-unsaturated/α-hetero) is 1. The van der Waals surface area contributed by atoms with Gasteiger partial charge in [-0.1, -0.05) is 0 Å². The smallest absolute Gasteiger partial charge is 0.507 e. The number of hydrogen-bond acceptors (Lipinski definition) is 6. The molecule has 1 amide bonds. The van der Waals surface area contributed by atoms with Crippen LogP contribution in [0.25, 0.3) is 0 Å². The van der Waals surface area contributed by atoms with E-state index in [1.807, 2.05) is 0 Å². The number of alkyl halides is 3. The van der Waals surface area contributed by atoms with Gasteiger partial charge in [0.05, 0.1) is 6.42 Å². The molecule has 0 saturated carbocycles. The molecule has 0 fully saturated rings. The molecule has 0 aromatic heterocycles. The highest BCUT2D eigenvalue weighted by Gasteiger charge is 2.35. The maximum Gasteiger partial charge on any atom is 0.573 e. The first kappa shape index (κ1) is 21.3. The van der Waals surface area contributed by atoms with Crippen LogP contribution in [0.4, 0.5) is 18.9 Å². The summed E-state index contributed by atoms with van der Waals surface area (Å²) in [5.74, 6) is -1.31. The van der Waals surface area contributed by atoms with E-state index in [-0.39, 0.29) is 40.7 Å². The SMILES string of the molecule is CC1(C)CC(=O)c2c(O)cc(OCC(=O)Nc3ccc(OC(F)(F)F)cc3)cc2O1. The van der Waals surface area contributed by atoms with E-state index >= 15 is 0 Å². The molecule has 160 valence electrons. The Labute approximate surface area is 169 Å². The summed E-state index contributed by atoms with van der Waals surface area (Å²) in [5, 5.41) is 12.6. The first-order chi connectivity index (χ1) is 13.9. The fourth-order valence-electron chi connectivity index (χ4n) is 2.91. The number of phenolic OH excluding ortho intramolecular Hbond substituents is 1. The molecule has 0 spiro atoms. The van der Waals surface area contributed by atoms with Crippen LogP contribution in [0.1, 0.15) is 30.6 Å². The maximum absolute atomic E-state index is 12.2. The van der Waals surface area contributed by atoms with Crippen molar-refractivity contribution in [3.8, 4) is 23.0 Å². The van der Waals surface area contributed by atoms with Gasteiger partial charge in [0.2, 0.25) is 0 Å². The first-order valence-corrected chi connectivity index (χ1v) is 8.79. The number of benzene rings is 2. The molecule has 1 heterocycles. The van der Waals surface area contributed by atoms with E-state index in [4.69, 9.17) is 9.47 Å². The van der Waals surface area contributed by atoms with Crippen LogP contribution in [0.15, 0.2) is 36.4 Å². The van der Waals surface area contributed by atoms with Crippen molar-refractivity contribution in [3.63, 3.8) is 0 Å². The van der Waals surface area contributed by atoms with E-state index in [0.717, 1.165) is 12.1 Å². The minimum Gasteiger partial charge on any atom is -0.507 e. The Morgan fingerprint density at radius 1 is 1.20 bits per heavy atom. The lowest BCUT2D eigenvalue weighted by Crippen LogP contribution is -2.35. The normalized spacial score (nSPS) is 15.0. The van der Waals surface area contributed by atoms with Crippen molar-refractivity contribution < 1.29 is 42.1 Å². The third-order valence-electron chi connectivity index (χ3n) is 4.05. The number of anilines is 1. The van der Waals surface area contributed by atoms with Gasteiger partial charge in [0.25, 0.3) is 5.91 Å². The fourth-order valence-corrected chi connectivity index (χ4v) is 2.91. The summed E-state index contributed by atoms with van der Waals surface area (Å²) >= 11 is 0. The Kier molecular flexibility index (Phi) is 5.51. The molecule has 30 heavy (non-hydrogen) atoms. The fraction of sp³-hybridized carbons (Fsp3) is 0.300. The Morgan fingerprint density at radius 2 is 1.87 bits per heavy atom. The molecule has 0 unspecified atom stereocenters. The average molecular weight is 425 g/mol. The third-order valence-corrected chi connectivity index (χ3v) is 4.05. The molecule has 2 aromatic carbocycles. The number of amides is 1. The largest absolute Gasteiger partial charge is 0.573 e. The molecular weight excluding hydrogens is 407 g/mol. The molecule has 7 nitrogen and oxygen atoms in total. The summed E-state index contributed by atoms with van der Waals surface area (Å²) in [5.41, 5.74) is -0.441. The number of halogens is 3. The van der Waals surface area contributed by atoms with E-state index in [1.54, 1.807) is 13.8 Å².